The van der Waals surface area contributed by atoms with Gasteiger partial charge in [0.1, 0.15) is 5.69 Å². The molecule has 0 atom stereocenters. The third-order valence-corrected chi connectivity index (χ3v) is 3.62. The molecule has 0 radical (unpaired) electrons. The molecular weight excluding hydrogens is 290 g/mol. The molecule has 0 spiro atoms. The summed E-state index contributed by atoms with van der Waals surface area (Å²) in [6.45, 7) is 1.59. The summed E-state index contributed by atoms with van der Waals surface area (Å²) < 4.78 is 0. The number of aromatic nitrogens is 2. The Balaban J connectivity index is 2.52. The lowest BCUT2D eigenvalue weighted by molar-refractivity contribution is -0.385. The van der Waals surface area contributed by atoms with E-state index < -0.39 is 4.92 Å². The van der Waals surface area contributed by atoms with Gasteiger partial charge >= 0.3 is 5.69 Å². The van der Waals surface area contributed by atoms with E-state index in [0.717, 1.165) is 10.6 Å². The molecule has 1 aromatic carbocycles. The van der Waals surface area contributed by atoms with Gasteiger partial charge in [-0.25, -0.2) is 4.98 Å². The van der Waals surface area contributed by atoms with Crippen LogP contribution in [0.1, 0.15) is 5.69 Å². The van der Waals surface area contributed by atoms with Gasteiger partial charge < -0.3 is 10.6 Å². The van der Waals surface area contributed by atoms with Crippen LogP contribution in [0.4, 0.5) is 23.1 Å². The van der Waals surface area contributed by atoms with E-state index >= 15 is 0 Å². The van der Waals surface area contributed by atoms with Gasteiger partial charge in [-0.3, -0.25) is 10.1 Å². The van der Waals surface area contributed by atoms with E-state index in [9.17, 15) is 10.1 Å². The number of anilines is 3. The molecular formula is C13H15N5O2S. The Hall–Kier alpha value is -2.35. The van der Waals surface area contributed by atoms with Gasteiger partial charge in [0.2, 0.25) is 11.8 Å². The Morgan fingerprint density at radius 3 is 2.62 bits per heavy atom. The third kappa shape index (κ3) is 3.22. The fraction of sp³-hybridized carbons (Fsp3) is 0.231. The highest BCUT2D eigenvalue weighted by molar-refractivity contribution is 7.98. The minimum atomic E-state index is -0.473. The van der Waals surface area contributed by atoms with E-state index in [0.29, 0.717) is 11.6 Å². The Labute approximate surface area is 126 Å². The average molecular weight is 305 g/mol. The number of aryl methyl sites for hydroxylation is 1. The van der Waals surface area contributed by atoms with Crippen LogP contribution in [-0.2, 0) is 0 Å². The van der Waals surface area contributed by atoms with E-state index in [1.165, 1.54) is 0 Å². The smallest absolute Gasteiger partial charge is 0.332 e. The van der Waals surface area contributed by atoms with Crippen LogP contribution in [-0.4, -0.2) is 28.2 Å². The van der Waals surface area contributed by atoms with Crippen molar-refractivity contribution in [3.63, 3.8) is 0 Å². The van der Waals surface area contributed by atoms with Crippen molar-refractivity contribution in [2.75, 3.05) is 23.9 Å². The molecule has 1 aromatic heterocycles. The maximum absolute atomic E-state index is 11.2. The summed E-state index contributed by atoms with van der Waals surface area (Å²) in [5.74, 6) is 0.514. The second-order valence-corrected chi connectivity index (χ2v) is 5.01. The number of nitrogens with one attached hydrogen (secondary N) is 2. The van der Waals surface area contributed by atoms with Crippen LogP contribution in [0.15, 0.2) is 29.2 Å². The van der Waals surface area contributed by atoms with Crippen LogP contribution >= 0.6 is 11.8 Å². The van der Waals surface area contributed by atoms with Crippen molar-refractivity contribution in [2.45, 2.75) is 11.8 Å². The first-order valence-corrected chi connectivity index (χ1v) is 7.40. The van der Waals surface area contributed by atoms with Crippen LogP contribution in [0, 0.1) is 17.0 Å². The molecule has 21 heavy (non-hydrogen) atoms. The van der Waals surface area contributed by atoms with Crippen molar-refractivity contribution in [3.05, 3.63) is 40.1 Å². The summed E-state index contributed by atoms with van der Waals surface area (Å²) in [6.07, 6.45) is 1.94. The summed E-state index contributed by atoms with van der Waals surface area (Å²) in [5, 5.41) is 17.1. The molecule has 0 saturated carbocycles. The molecule has 2 N–H and O–H groups in total. The predicted molar refractivity (Wildman–Crippen MR) is 84.5 cm³/mol. The van der Waals surface area contributed by atoms with Crippen molar-refractivity contribution in [3.8, 4) is 0 Å². The Bertz CT molecular complexity index is 678. The van der Waals surface area contributed by atoms with Crippen LogP contribution < -0.4 is 10.6 Å². The highest BCUT2D eigenvalue weighted by Crippen LogP contribution is 2.32. The monoisotopic (exact) mass is 305 g/mol. The van der Waals surface area contributed by atoms with Crippen LogP contribution in [0.5, 0.6) is 0 Å². The second-order valence-electron chi connectivity index (χ2n) is 4.16. The van der Waals surface area contributed by atoms with E-state index in [-0.39, 0.29) is 11.5 Å². The molecule has 0 saturated heterocycles. The molecule has 8 heteroatoms. The zero-order chi connectivity index (χ0) is 15.4. The first kappa shape index (κ1) is 15.0. The van der Waals surface area contributed by atoms with Gasteiger partial charge in [0.15, 0.2) is 0 Å². The van der Waals surface area contributed by atoms with Gasteiger partial charge in [0, 0.05) is 11.9 Å². The van der Waals surface area contributed by atoms with Crippen LogP contribution in [0.2, 0.25) is 0 Å². The standard InChI is InChI=1S/C13H15N5O2S/c1-8-11(18(19)20)12(17-13(14-2)15-8)16-9-6-4-5-7-10(9)21-3/h4-7H,1-3H3,(H2,14,15,16,17). The zero-order valence-electron chi connectivity index (χ0n) is 11.9. The van der Waals surface area contributed by atoms with E-state index in [2.05, 4.69) is 20.6 Å². The van der Waals surface area contributed by atoms with Crippen LogP contribution in [0.25, 0.3) is 0 Å². The molecule has 0 amide bonds. The third-order valence-electron chi connectivity index (χ3n) is 2.82. The molecule has 0 aliphatic heterocycles. The SMILES string of the molecule is CNc1nc(C)c([N+](=O)[O-])c(Nc2ccccc2SC)n1. The summed E-state index contributed by atoms with van der Waals surface area (Å²) in [5.41, 5.74) is 0.960. The zero-order valence-corrected chi connectivity index (χ0v) is 12.7. The fourth-order valence-corrected chi connectivity index (χ4v) is 2.41. The number of nitrogens with zero attached hydrogens (tertiary/aromatic N) is 3. The summed E-state index contributed by atoms with van der Waals surface area (Å²) >= 11 is 1.55. The van der Waals surface area contributed by atoms with Crippen molar-refractivity contribution in [1.29, 1.82) is 0 Å². The summed E-state index contributed by atoms with van der Waals surface area (Å²) in [7, 11) is 1.67. The summed E-state index contributed by atoms with van der Waals surface area (Å²) in [6, 6.07) is 7.56. The highest BCUT2D eigenvalue weighted by atomic mass is 32.2. The maximum atomic E-state index is 11.2. The van der Waals surface area contributed by atoms with Crippen molar-refractivity contribution in [1.82, 2.24) is 9.97 Å². The lowest BCUT2D eigenvalue weighted by Crippen LogP contribution is -2.07. The van der Waals surface area contributed by atoms with Gasteiger partial charge in [0.25, 0.3) is 0 Å². The lowest BCUT2D eigenvalue weighted by atomic mass is 10.3. The van der Waals surface area contributed by atoms with Crippen LogP contribution in [0.3, 0.4) is 0 Å². The second kappa shape index (κ2) is 6.40. The first-order chi connectivity index (χ1) is 10.1. The minimum Gasteiger partial charge on any atom is -0.357 e. The highest BCUT2D eigenvalue weighted by Gasteiger charge is 2.22. The molecule has 2 rings (SSSR count). The largest absolute Gasteiger partial charge is 0.357 e. The van der Waals surface area contributed by atoms with Crippen molar-refractivity contribution >= 4 is 34.9 Å². The van der Waals surface area contributed by atoms with E-state index in [1.54, 1.807) is 25.7 Å². The van der Waals surface area contributed by atoms with Gasteiger partial charge in [-0.2, -0.15) is 4.98 Å². The van der Waals surface area contributed by atoms with Crippen molar-refractivity contribution in [2.24, 2.45) is 0 Å². The first-order valence-electron chi connectivity index (χ1n) is 6.17. The molecule has 1 heterocycles. The number of para-hydroxylation sites is 1. The predicted octanol–water partition coefficient (Wildman–Crippen LogP) is 3.20. The Morgan fingerprint density at radius 1 is 1.29 bits per heavy atom. The Morgan fingerprint density at radius 2 is 2.00 bits per heavy atom. The van der Waals surface area contributed by atoms with Gasteiger partial charge in [-0.05, 0) is 25.3 Å². The molecule has 0 unspecified atom stereocenters. The molecule has 0 aliphatic carbocycles. The fourth-order valence-electron chi connectivity index (χ4n) is 1.86. The number of thioether (sulfide) groups is 1. The molecule has 7 nitrogen and oxygen atoms in total. The summed E-state index contributed by atoms with van der Waals surface area (Å²) in [4.78, 5) is 20.0. The molecule has 0 bridgehead atoms. The van der Waals surface area contributed by atoms with Gasteiger partial charge in [0.05, 0.1) is 10.6 Å². The normalized spacial score (nSPS) is 10.2. The number of nitro groups is 1. The topological polar surface area (TPSA) is 93.0 Å². The molecule has 110 valence electrons. The lowest BCUT2D eigenvalue weighted by Gasteiger charge is -2.11. The quantitative estimate of drug-likeness (QED) is 0.497. The van der Waals surface area contributed by atoms with E-state index in [1.807, 2.05) is 30.5 Å². The maximum Gasteiger partial charge on any atom is 0.332 e. The molecule has 0 fully saturated rings. The van der Waals surface area contributed by atoms with Crippen molar-refractivity contribution < 1.29 is 4.92 Å². The van der Waals surface area contributed by atoms with Gasteiger partial charge in [-0.1, -0.05) is 12.1 Å². The van der Waals surface area contributed by atoms with Gasteiger partial charge in [-0.15, -0.1) is 11.8 Å². The number of hydrogen-bond donors (Lipinski definition) is 2. The number of benzene rings is 1. The number of rotatable bonds is 5. The molecule has 0 aliphatic rings. The Kier molecular flexibility index (Phi) is 4.59. The number of hydrogen-bond acceptors (Lipinski definition) is 7. The minimum absolute atomic E-state index is 0.120. The molecule has 2 aromatic rings. The average Bonchev–Trinajstić information content (AvgIpc) is 2.46. The van der Waals surface area contributed by atoms with E-state index in [4.69, 9.17) is 0 Å².